The van der Waals surface area contributed by atoms with E-state index in [1.54, 1.807) is 10.9 Å². The van der Waals surface area contributed by atoms with Crippen LogP contribution in [0.15, 0.2) is 30.5 Å². The van der Waals surface area contributed by atoms with Crippen LogP contribution in [0.4, 0.5) is 0 Å². The number of aryl methyl sites for hydroxylation is 1. The zero-order chi connectivity index (χ0) is 13.8. The molecule has 19 heavy (non-hydrogen) atoms. The molecule has 1 atom stereocenters. The third-order valence-corrected chi connectivity index (χ3v) is 3.28. The van der Waals surface area contributed by atoms with Gasteiger partial charge in [-0.1, -0.05) is 50.3 Å². The molecule has 2 rings (SSSR count). The maximum Gasteiger partial charge on any atom is 0.122 e. The zero-order valence-electron chi connectivity index (χ0n) is 11.7. The molecule has 1 aromatic carbocycles. The van der Waals surface area contributed by atoms with Crippen LogP contribution in [-0.2, 0) is 6.54 Å². The lowest BCUT2D eigenvalue weighted by molar-refractivity contribution is 0.207. The second kappa shape index (κ2) is 5.97. The second-order valence-electron chi connectivity index (χ2n) is 5.11. The minimum absolute atomic E-state index is 0.499. The van der Waals surface area contributed by atoms with Crippen molar-refractivity contribution >= 4 is 0 Å². The van der Waals surface area contributed by atoms with E-state index >= 15 is 0 Å². The molecule has 0 amide bonds. The van der Waals surface area contributed by atoms with Gasteiger partial charge in [0.2, 0.25) is 0 Å². The van der Waals surface area contributed by atoms with Gasteiger partial charge in [-0.05, 0) is 23.5 Å². The van der Waals surface area contributed by atoms with Gasteiger partial charge in [0.15, 0.2) is 0 Å². The molecule has 0 spiro atoms. The quantitative estimate of drug-likeness (QED) is 0.898. The summed E-state index contributed by atoms with van der Waals surface area (Å²) in [6, 6.07) is 8.08. The molecule has 4 heteroatoms. The fraction of sp³-hybridized carbons (Fsp3) is 0.467. The molecule has 1 aromatic heterocycles. The second-order valence-corrected chi connectivity index (χ2v) is 5.11. The average Bonchev–Trinajstić information content (AvgIpc) is 2.87. The van der Waals surface area contributed by atoms with Crippen LogP contribution in [0.5, 0.6) is 0 Å². The lowest BCUT2D eigenvalue weighted by atomic mass is 9.99. The first-order valence-electron chi connectivity index (χ1n) is 6.79. The molecule has 0 saturated carbocycles. The van der Waals surface area contributed by atoms with Crippen LogP contribution in [0.25, 0.3) is 0 Å². The van der Waals surface area contributed by atoms with Gasteiger partial charge in [-0.2, -0.15) is 0 Å². The predicted octanol–water partition coefficient (Wildman–Crippen LogP) is 2.89. The van der Waals surface area contributed by atoms with Crippen molar-refractivity contribution in [3.8, 4) is 0 Å². The lowest BCUT2D eigenvalue weighted by Crippen LogP contribution is -2.10. The van der Waals surface area contributed by atoms with E-state index in [-0.39, 0.29) is 0 Å². The van der Waals surface area contributed by atoms with Gasteiger partial charge >= 0.3 is 0 Å². The van der Waals surface area contributed by atoms with E-state index in [0.29, 0.717) is 5.92 Å². The monoisotopic (exact) mass is 259 g/mol. The third kappa shape index (κ3) is 3.01. The highest BCUT2D eigenvalue weighted by Gasteiger charge is 2.16. The summed E-state index contributed by atoms with van der Waals surface area (Å²) in [7, 11) is 0. The summed E-state index contributed by atoms with van der Waals surface area (Å²) in [5.41, 5.74) is 2.90. The Kier molecular flexibility index (Phi) is 4.32. The Morgan fingerprint density at radius 3 is 2.37 bits per heavy atom. The van der Waals surface area contributed by atoms with Crippen molar-refractivity contribution in [3.63, 3.8) is 0 Å². The summed E-state index contributed by atoms with van der Waals surface area (Å²) in [5, 5.41) is 18.3. The number of hydrogen-bond donors (Lipinski definition) is 1. The van der Waals surface area contributed by atoms with E-state index in [9.17, 15) is 5.11 Å². The molecule has 0 fully saturated rings. The number of benzene rings is 1. The molecule has 0 aliphatic carbocycles. The van der Waals surface area contributed by atoms with E-state index in [1.807, 2.05) is 12.1 Å². The minimum Gasteiger partial charge on any atom is -0.382 e. The maximum atomic E-state index is 10.4. The zero-order valence-corrected chi connectivity index (χ0v) is 11.7. The first-order chi connectivity index (χ1) is 9.13. The largest absolute Gasteiger partial charge is 0.382 e. The van der Waals surface area contributed by atoms with E-state index in [0.717, 1.165) is 24.2 Å². The fourth-order valence-corrected chi connectivity index (χ4v) is 2.10. The Labute approximate surface area is 114 Å². The SMILES string of the molecule is CCCn1nncc1C(O)c1ccc(C(C)C)cc1. The van der Waals surface area contributed by atoms with Gasteiger partial charge in [0, 0.05) is 6.54 Å². The van der Waals surface area contributed by atoms with Crippen molar-refractivity contribution in [2.75, 3.05) is 0 Å². The minimum atomic E-state index is -0.664. The summed E-state index contributed by atoms with van der Waals surface area (Å²) in [4.78, 5) is 0. The normalized spacial score (nSPS) is 12.9. The predicted molar refractivity (Wildman–Crippen MR) is 74.9 cm³/mol. The van der Waals surface area contributed by atoms with Crippen molar-refractivity contribution in [2.24, 2.45) is 0 Å². The summed E-state index contributed by atoms with van der Waals surface area (Å²) in [5.74, 6) is 0.499. The van der Waals surface area contributed by atoms with Gasteiger partial charge in [-0.3, -0.25) is 0 Å². The standard InChI is InChI=1S/C15H21N3O/c1-4-9-18-14(10-16-17-18)15(19)13-7-5-12(6-8-13)11(2)3/h5-8,10-11,15,19H,4,9H2,1-3H3. The molecule has 1 heterocycles. The molecular formula is C15H21N3O. The van der Waals surface area contributed by atoms with Crippen LogP contribution in [0.3, 0.4) is 0 Å². The van der Waals surface area contributed by atoms with Crippen LogP contribution in [0.1, 0.15) is 56.0 Å². The molecule has 2 aromatic rings. The number of hydrogen-bond acceptors (Lipinski definition) is 3. The highest BCUT2D eigenvalue weighted by Crippen LogP contribution is 2.23. The van der Waals surface area contributed by atoms with Gasteiger partial charge in [0.25, 0.3) is 0 Å². The molecule has 0 saturated heterocycles. The molecule has 0 radical (unpaired) electrons. The number of nitrogens with zero attached hydrogens (tertiary/aromatic N) is 3. The van der Waals surface area contributed by atoms with E-state index < -0.39 is 6.10 Å². The van der Waals surface area contributed by atoms with Crippen LogP contribution < -0.4 is 0 Å². The van der Waals surface area contributed by atoms with Gasteiger partial charge < -0.3 is 5.11 Å². The van der Waals surface area contributed by atoms with Crippen molar-refractivity contribution in [2.45, 2.75) is 45.8 Å². The lowest BCUT2D eigenvalue weighted by Gasteiger charge is -2.13. The number of aliphatic hydroxyl groups is 1. The van der Waals surface area contributed by atoms with Gasteiger partial charge in [0.05, 0.1) is 11.9 Å². The topological polar surface area (TPSA) is 50.9 Å². The Morgan fingerprint density at radius 2 is 1.79 bits per heavy atom. The number of aliphatic hydroxyl groups excluding tert-OH is 1. The van der Waals surface area contributed by atoms with E-state index in [2.05, 4.69) is 43.2 Å². The van der Waals surface area contributed by atoms with Gasteiger partial charge in [0.1, 0.15) is 6.10 Å². The Morgan fingerprint density at radius 1 is 1.16 bits per heavy atom. The van der Waals surface area contributed by atoms with Crippen LogP contribution in [0.2, 0.25) is 0 Å². The number of aromatic nitrogens is 3. The number of rotatable bonds is 5. The molecular weight excluding hydrogens is 238 g/mol. The van der Waals surface area contributed by atoms with Crippen molar-refractivity contribution in [1.82, 2.24) is 15.0 Å². The molecule has 0 aliphatic heterocycles. The van der Waals surface area contributed by atoms with Crippen LogP contribution >= 0.6 is 0 Å². The van der Waals surface area contributed by atoms with Crippen molar-refractivity contribution < 1.29 is 5.11 Å². The van der Waals surface area contributed by atoms with Gasteiger partial charge in [-0.25, -0.2) is 4.68 Å². The Hall–Kier alpha value is -1.68. The summed E-state index contributed by atoms with van der Waals surface area (Å²) < 4.78 is 1.76. The summed E-state index contributed by atoms with van der Waals surface area (Å²) in [6.45, 7) is 7.17. The van der Waals surface area contributed by atoms with Crippen LogP contribution in [-0.4, -0.2) is 20.1 Å². The summed E-state index contributed by atoms with van der Waals surface area (Å²) >= 11 is 0. The first kappa shape index (κ1) is 13.7. The third-order valence-electron chi connectivity index (χ3n) is 3.28. The molecule has 1 unspecified atom stereocenters. The molecule has 0 aliphatic rings. The van der Waals surface area contributed by atoms with Gasteiger partial charge in [-0.15, -0.1) is 5.10 Å². The fourth-order valence-electron chi connectivity index (χ4n) is 2.10. The Bertz CT molecular complexity index is 516. The van der Waals surface area contributed by atoms with E-state index in [4.69, 9.17) is 0 Å². The molecule has 4 nitrogen and oxygen atoms in total. The average molecular weight is 259 g/mol. The highest BCUT2D eigenvalue weighted by atomic mass is 16.3. The van der Waals surface area contributed by atoms with E-state index in [1.165, 1.54) is 5.56 Å². The summed E-state index contributed by atoms with van der Waals surface area (Å²) in [6.07, 6.45) is 1.94. The maximum absolute atomic E-state index is 10.4. The van der Waals surface area contributed by atoms with Crippen molar-refractivity contribution in [3.05, 3.63) is 47.3 Å². The van der Waals surface area contributed by atoms with Crippen molar-refractivity contribution in [1.29, 1.82) is 0 Å². The molecule has 1 N–H and O–H groups in total. The molecule has 102 valence electrons. The highest BCUT2D eigenvalue weighted by molar-refractivity contribution is 5.29. The first-order valence-corrected chi connectivity index (χ1v) is 6.79. The smallest absolute Gasteiger partial charge is 0.122 e. The van der Waals surface area contributed by atoms with Crippen LogP contribution in [0, 0.1) is 0 Å². The Balaban J connectivity index is 2.23. The molecule has 0 bridgehead atoms.